The smallest absolute Gasteiger partial charge is 0.328 e. The Labute approximate surface area is 159 Å². The number of H-pyrrole nitrogens is 2. The summed E-state index contributed by atoms with van der Waals surface area (Å²) in [5.74, 6) is -0.526. The van der Waals surface area contributed by atoms with Gasteiger partial charge in [0.15, 0.2) is 0 Å². The molecule has 0 atom stereocenters. The number of aromatic nitrogens is 4. The van der Waals surface area contributed by atoms with E-state index in [1.165, 1.54) is 29.3 Å². The minimum Gasteiger partial charge on any atom is -0.344 e. The average Bonchev–Trinajstić information content (AvgIpc) is 3.13. The summed E-state index contributed by atoms with van der Waals surface area (Å²) in [6.07, 6.45) is 2.69. The van der Waals surface area contributed by atoms with Crippen LogP contribution in [0.2, 0.25) is 0 Å². The predicted octanol–water partition coefficient (Wildman–Crippen LogP) is 1.16. The predicted molar refractivity (Wildman–Crippen MR) is 101 cm³/mol. The molecule has 0 unspecified atom stereocenters. The summed E-state index contributed by atoms with van der Waals surface area (Å²) in [6, 6.07) is 9.21. The maximum Gasteiger partial charge on any atom is 0.328 e. The Morgan fingerprint density at radius 1 is 1.21 bits per heavy atom. The van der Waals surface area contributed by atoms with Crippen molar-refractivity contribution in [1.82, 2.24) is 24.6 Å². The van der Waals surface area contributed by atoms with Gasteiger partial charge in [0.2, 0.25) is 5.91 Å². The highest BCUT2D eigenvalue weighted by Gasteiger charge is 2.11. The molecule has 2 aromatic heterocycles. The normalized spacial score (nSPS) is 10.8. The first-order valence-corrected chi connectivity index (χ1v) is 8.76. The van der Waals surface area contributed by atoms with Gasteiger partial charge in [-0.05, 0) is 43.2 Å². The summed E-state index contributed by atoms with van der Waals surface area (Å²) in [5.41, 5.74) is 1.36. The second kappa shape index (κ2) is 8.47. The van der Waals surface area contributed by atoms with Crippen molar-refractivity contribution in [2.24, 2.45) is 0 Å². The van der Waals surface area contributed by atoms with E-state index < -0.39 is 11.2 Å². The van der Waals surface area contributed by atoms with Crippen LogP contribution < -0.4 is 11.2 Å². The lowest BCUT2D eigenvalue weighted by Crippen LogP contribution is -2.36. The Balaban J connectivity index is 1.50. The van der Waals surface area contributed by atoms with Gasteiger partial charge in [0, 0.05) is 37.1 Å². The molecule has 0 radical (unpaired) electrons. The van der Waals surface area contributed by atoms with E-state index in [-0.39, 0.29) is 18.3 Å². The van der Waals surface area contributed by atoms with Crippen LogP contribution in [-0.4, -0.2) is 44.1 Å². The highest BCUT2D eigenvalue weighted by Crippen LogP contribution is 2.18. The molecule has 3 aromatic rings. The van der Waals surface area contributed by atoms with Crippen LogP contribution in [0.15, 0.2) is 52.2 Å². The van der Waals surface area contributed by atoms with Gasteiger partial charge >= 0.3 is 5.69 Å². The van der Waals surface area contributed by atoms with E-state index in [1.807, 2.05) is 6.07 Å². The van der Waals surface area contributed by atoms with Gasteiger partial charge in [-0.3, -0.25) is 24.2 Å². The number of likely N-dealkylation sites (N-methyl/N-ethyl adjacent to an activating group) is 1. The Morgan fingerprint density at radius 3 is 2.68 bits per heavy atom. The molecule has 0 spiro atoms. The van der Waals surface area contributed by atoms with Crippen molar-refractivity contribution in [2.45, 2.75) is 19.4 Å². The minimum absolute atomic E-state index is 0.134. The minimum atomic E-state index is -0.611. The zero-order valence-corrected chi connectivity index (χ0v) is 15.3. The number of nitrogens with zero attached hydrogens (tertiary/aromatic N) is 3. The third-order valence-corrected chi connectivity index (χ3v) is 4.34. The van der Waals surface area contributed by atoms with Gasteiger partial charge in [-0.15, -0.1) is 0 Å². The maximum absolute atomic E-state index is 13.0. The van der Waals surface area contributed by atoms with E-state index >= 15 is 0 Å². The van der Waals surface area contributed by atoms with Gasteiger partial charge in [0.1, 0.15) is 12.4 Å². The topological polar surface area (TPSA) is 104 Å². The molecule has 146 valence electrons. The second-order valence-corrected chi connectivity index (χ2v) is 6.44. The van der Waals surface area contributed by atoms with Crippen LogP contribution in [0.3, 0.4) is 0 Å². The molecule has 0 aliphatic rings. The third kappa shape index (κ3) is 4.81. The van der Waals surface area contributed by atoms with E-state index in [0.29, 0.717) is 19.4 Å². The molecule has 0 aliphatic carbocycles. The van der Waals surface area contributed by atoms with Crippen molar-refractivity contribution in [2.75, 3.05) is 13.6 Å². The first-order valence-electron chi connectivity index (χ1n) is 8.76. The van der Waals surface area contributed by atoms with E-state index in [9.17, 15) is 18.8 Å². The monoisotopic (exact) mass is 385 g/mol. The van der Waals surface area contributed by atoms with Crippen LogP contribution in [-0.2, 0) is 17.8 Å². The van der Waals surface area contributed by atoms with Crippen molar-refractivity contribution in [3.8, 4) is 11.3 Å². The summed E-state index contributed by atoms with van der Waals surface area (Å²) in [4.78, 5) is 38.6. The molecule has 8 nitrogen and oxygen atoms in total. The number of hydrogen-bond donors (Lipinski definition) is 2. The van der Waals surface area contributed by atoms with Crippen LogP contribution in [0.4, 0.5) is 4.39 Å². The molecular formula is C19H20FN5O3. The fourth-order valence-electron chi connectivity index (χ4n) is 2.72. The number of halogens is 1. The van der Waals surface area contributed by atoms with Crippen LogP contribution in [0.5, 0.6) is 0 Å². The van der Waals surface area contributed by atoms with Gasteiger partial charge in [-0.2, -0.15) is 5.10 Å². The molecule has 2 heterocycles. The molecule has 2 N–H and O–H groups in total. The molecule has 0 bridgehead atoms. The molecular weight excluding hydrogens is 365 g/mol. The fraction of sp³-hybridized carbons (Fsp3) is 0.263. The van der Waals surface area contributed by atoms with Crippen LogP contribution in [0, 0.1) is 5.82 Å². The lowest BCUT2D eigenvalue weighted by molar-refractivity contribution is -0.130. The lowest BCUT2D eigenvalue weighted by atomic mass is 10.1. The maximum atomic E-state index is 13.0. The van der Waals surface area contributed by atoms with Gasteiger partial charge in [-0.25, -0.2) is 9.18 Å². The summed E-state index contributed by atoms with van der Waals surface area (Å²) in [6.45, 7) is 0.368. The quantitative estimate of drug-likeness (QED) is 0.637. The highest BCUT2D eigenvalue weighted by atomic mass is 19.1. The molecule has 0 saturated carbocycles. The van der Waals surface area contributed by atoms with E-state index in [2.05, 4.69) is 15.2 Å². The van der Waals surface area contributed by atoms with Crippen LogP contribution >= 0.6 is 0 Å². The number of amides is 1. The van der Waals surface area contributed by atoms with Crippen molar-refractivity contribution in [3.05, 3.63) is 74.9 Å². The molecule has 28 heavy (non-hydrogen) atoms. The number of aryl methyl sites for hydroxylation is 1. The Bertz CT molecular complexity index is 1070. The van der Waals surface area contributed by atoms with E-state index in [4.69, 9.17) is 0 Å². The van der Waals surface area contributed by atoms with E-state index in [1.54, 1.807) is 19.2 Å². The van der Waals surface area contributed by atoms with Crippen LogP contribution in [0.1, 0.15) is 12.1 Å². The van der Waals surface area contributed by atoms with Gasteiger partial charge < -0.3 is 4.90 Å². The SMILES string of the molecule is CN(CCCc1cc(-c2ccc(F)cc2)n[nH]1)C(=O)Cn1ccc(=O)[nH]c1=O. The fourth-order valence-corrected chi connectivity index (χ4v) is 2.72. The van der Waals surface area contributed by atoms with Gasteiger partial charge in [0.05, 0.1) is 5.69 Å². The molecule has 0 fully saturated rings. The second-order valence-electron chi connectivity index (χ2n) is 6.44. The Hall–Kier alpha value is -3.49. The summed E-state index contributed by atoms with van der Waals surface area (Å²) < 4.78 is 14.2. The average molecular weight is 385 g/mol. The summed E-state index contributed by atoms with van der Waals surface area (Å²) in [5, 5.41) is 7.17. The third-order valence-electron chi connectivity index (χ3n) is 4.34. The number of benzene rings is 1. The molecule has 1 aromatic carbocycles. The number of rotatable bonds is 7. The molecule has 3 rings (SSSR count). The summed E-state index contributed by atoms with van der Waals surface area (Å²) in [7, 11) is 1.66. The van der Waals surface area contributed by atoms with Gasteiger partial charge in [-0.1, -0.05) is 0 Å². The Kier molecular flexibility index (Phi) is 5.83. The highest BCUT2D eigenvalue weighted by molar-refractivity contribution is 5.75. The summed E-state index contributed by atoms with van der Waals surface area (Å²) >= 11 is 0. The first-order chi connectivity index (χ1) is 13.4. The lowest BCUT2D eigenvalue weighted by Gasteiger charge is -2.17. The van der Waals surface area contributed by atoms with Crippen LogP contribution in [0.25, 0.3) is 11.3 Å². The number of carbonyl (C=O) groups is 1. The number of carbonyl (C=O) groups excluding carboxylic acids is 1. The number of nitrogens with one attached hydrogen (secondary N) is 2. The van der Waals surface area contributed by atoms with E-state index in [0.717, 1.165) is 21.5 Å². The van der Waals surface area contributed by atoms with Crippen molar-refractivity contribution in [1.29, 1.82) is 0 Å². The number of aromatic amines is 2. The standard InChI is InChI=1S/C19H20FN5O3/c1-24(18(27)12-25-10-8-17(26)21-19(25)28)9-2-3-15-11-16(23-22-15)13-4-6-14(20)7-5-13/h4-8,10-11H,2-3,9,12H2,1H3,(H,22,23)(H,21,26,28). The van der Waals surface area contributed by atoms with Crippen molar-refractivity contribution >= 4 is 5.91 Å². The van der Waals surface area contributed by atoms with Gasteiger partial charge in [0.25, 0.3) is 5.56 Å². The van der Waals surface area contributed by atoms with Crippen molar-refractivity contribution < 1.29 is 9.18 Å². The molecule has 0 aliphatic heterocycles. The number of hydrogen-bond acceptors (Lipinski definition) is 4. The zero-order valence-electron chi connectivity index (χ0n) is 15.3. The van der Waals surface area contributed by atoms with Crippen molar-refractivity contribution in [3.63, 3.8) is 0 Å². The molecule has 0 saturated heterocycles. The Morgan fingerprint density at radius 2 is 1.96 bits per heavy atom. The first kappa shape index (κ1) is 19.3. The zero-order chi connectivity index (χ0) is 20.1. The molecule has 1 amide bonds. The largest absolute Gasteiger partial charge is 0.344 e. The molecule has 9 heteroatoms.